The van der Waals surface area contributed by atoms with Crippen LogP contribution in [0.2, 0.25) is 0 Å². The Labute approximate surface area is 109 Å². The van der Waals surface area contributed by atoms with E-state index in [0.717, 1.165) is 12.0 Å². The lowest BCUT2D eigenvalue weighted by molar-refractivity contribution is -0.128. The van der Waals surface area contributed by atoms with Gasteiger partial charge in [0.25, 0.3) is 0 Å². The van der Waals surface area contributed by atoms with E-state index in [1.807, 2.05) is 26.0 Å². The topological polar surface area (TPSA) is 52.6 Å². The highest BCUT2D eigenvalue weighted by Gasteiger charge is 2.14. The summed E-state index contributed by atoms with van der Waals surface area (Å²) < 4.78 is 0. The van der Waals surface area contributed by atoms with E-state index < -0.39 is 0 Å². The molecule has 0 bridgehead atoms. The molecule has 1 rings (SSSR count). The lowest BCUT2D eigenvalue weighted by atomic mass is 10.0. The molecule has 0 spiro atoms. The highest BCUT2D eigenvalue weighted by molar-refractivity contribution is 5.77. The Kier molecular flexibility index (Phi) is 5.65. The molecule has 0 radical (unpaired) electrons. The number of carbonyl (C=O) groups is 1. The van der Waals surface area contributed by atoms with Crippen LogP contribution in [-0.4, -0.2) is 36.1 Å². The van der Waals surface area contributed by atoms with Crippen molar-refractivity contribution in [3.8, 4) is 5.75 Å². The minimum atomic E-state index is 0.000376. The number of likely N-dealkylation sites (N-methyl/N-ethyl adjacent to an activating group) is 1. The summed E-state index contributed by atoms with van der Waals surface area (Å²) in [7, 11) is 1.78. The van der Waals surface area contributed by atoms with Crippen molar-refractivity contribution in [1.29, 1.82) is 0 Å². The number of phenolic OH excluding ortho intramolecular Hbond substituents is 1. The van der Waals surface area contributed by atoms with Crippen molar-refractivity contribution >= 4 is 5.91 Å². The van der Waals surface area contributed by atoms with Gasteiger partial charge < -0.3 is 15.3 Å². The van der Waals surface area contributed by atoms with Gasteiger partial charge in [0.1, 0.15) is 5.75 Å². The fourth-order valence-corrected chi connectivity index (χ4v) is 1.78. The van der Waals surface area contributed by atoms with Crippen LogP contribution in [0, 0.1) is 0 Å². The van der Waals surface area contributed by atoms with E-state index in [1.165, 1.54) is 0 Å². The molecule has 0 fully saturated rings. The fraction of sp³-hybridized carbons (Fsp3) is 0.500. The van der Waals surface area contributed by atoms with E-state index in [1.54, 1.807) is 24.1 Å². The molecule has 100 valence electrons. The summed E-state index contributed by atoms with van der Waals surface area (Å²) in [6.07, 6.45) is 0.820. The number of rotatable bonds is 6. The highest BCUT2D eigenvalue weighted by Crippen LogP contribution is 2.25. The molecule has 0 aliphatic rings. The predicted molar refractivity (Wildman–Crippen MR) is 72.5 cm³/mol. The van der Waals surface area contributed by atoms with Gasteiger partial charge in [0.15, 0.2) is 0 Å². The first kappa shape index (κ1) is 14.5. The number of para-hydroxylation sites is 1. The molecule has 0 aromatic heterocycles. The molecular weight excluding hydrogens is 228 g/mol. The van der Waals surface area contributed by atoms with Crippen LogP contribution >= 0.6 is 0 Å². The number of nitrogens with zero attached hydrogens (tertiary/aromatic N) is 1. The Morgan fingerprint density at radius 1 is 1.39 bits per heavy atom. The Morgan fingerprint density at radius 3 is 2.61 bits per heavy atom. The Bertz CT molecular complexity index is 393. The molecule has 4 nitrogen and oxygen atoms in total. The molecule has 18 heavy (non-hydrogen) atoms. The fourth-order valence-electron chi connectivity index (χ4n) is 1.78. The molecule has 1 atom stereocenters. The summed E-state index contributed by atoms with van der Waals surface area (Å²) in [4.78, 5) is 13.4. The van der Waals surface area contributed by atoms with Crippen LogP contribution in [0.15, 0.2) is 24.3 Å². The molecule has 1 unspecified atom stereocenters. The Morgan fingerprint density at radius 2 is 2.06 bits per heavy atom. The molecule has 1 aromatic rings. The number of benzene rings is 1. The van der Waals surface area contributed by atoms with Crippen LogP contribution in [0.25, 0.3) is 0 Å². The van der Waals surface area contributed by atoms with Gasteiger partial charge in [0, 0.05) is 25.2 Å². The summed E-state index contributed by atoms with van der Waals surface area (Å²) in [5.74, 6) is 0.333. The Hall–Kier alpha value is -1.55. The number of phenols is 1. The summed E-state index contributed by atoms with van der Waals surface area (Å²) in [5.41, 5.74) is 0.840. The Balaban J connectivity index is 2.64. The maximum atomic E-state index is 11.7. The molecule has 1 amide bonds. The summed E-state index contributed by atoms with van der Waals surface area (Å²) >= 11 is 0. The van der Waals surface area contributed by atoms with Crippen LogP contribution in [-0.2, 0) is 4.79 Å². The average Bonchev–Trinajstić information content (AvgIpc) is 2.40. The van der Waals surface area contributed by atoms with Crippen molar-refractivity contribution in [3.63, 3.8) is 0 Å². The predicted octanol–water partition coefficient (Wildman–Crippen LogP) is 1.91. The third-order valence-electron chi connectivity index (χ3n) is 3.12. The van der Waals surface area contributed by atoms with Crippen LogP contribution < -0.4 is 5.32 Å². The summed E-state index contributed by atoms with van der Waals surface area (Å²) in [5, 5.41) is 13.0. The van der Waals surface area contributed by atoms with Gasteiger partial charge in [-0.15, -0.1) is 0 Å². The lowest BCUT2D eigenvalue weighted by Gasteiger charge is -2.20. The minimum absolute atomic E-state index is 0.000376. The molecule has 0 aliphatic heterocycles. The lowest BCUT2D eigenvalue weighted by Crippen LogP contribution is -2.36. The van der Waals surface area contributed by atoms with Gasteiger partial charge in [-0.1, -0.05) is 25.1 Å². The van der Waals surface area contributed by atoms with Crippen molar-refractivity contribution in [2.45, 2.75) is 26.3 Å². The van der Waals surface area contributed by atoms with Crippen LogP contribution in [0.1, 0.15) is 31.9 Å². The zero-order valence-electron chi connectivity index (χ0n) is 11.3. The van der Waals surface area contributed by atoms with Crippen molar-refractivity contribution in [1.82, 2.24) is 10.2 Å². The number of hydrogen-bond donors (Lipinski definition) is 2. The second-order valence-corrected chi connectivity index (χ2v) is 4.31. The standard InChI is InChI=1S/C14H22N2O2/c1-4-12(11-8-6-7-9-13(11)17)15-10-14(18)16(3)5-2/h6-9,12,15,17H,4-5,10H2,1-3H3. The van der Waals surface area contributed by atoms with E-state index in [4.69, 9.17) is 0 Å². The number of hydrogen-bond acceptors (Lipinski definition) is 3. The first-order chi connectivity index (χ1) is 8.60. The van der Waals surface area contributed by atoms with Gasteiger partial charge in [-0.2, -0.15) is 0 Å². The molecule has 0 saturated heterocycles. The van der Waals surface area contributed by atoms with Crippen LogP contribution in [0.3, 0.4) is 0 Å². The maximum Gasteiger partial charge on any atom is 0.236 e. The van der Waals surface area contributed by atoms with Gasteiger partial charge >= 0.3 is 0 Å². The highest BCUT2D eigenvalue weighted by atomic mass is 16.3. The second kappa shape index (κ2) is 7.01. The van der Waals surface area contributed by atoms with Crippen molar-refractivity contribution < 1.29 is 9.90 Å². The quantitative estimate of drug-likeness (QED) is 0.811. The van der Waals surface area contributed by atoms with Gasteiger partial charge in [0.05, 0.1) is 6.54 Å². The molecule has 1 aromatic carbocycles. The molecule has 0 heterocycles. The van der Waals surface area contributed by atoms with Gasteiger partial charge in [-0.3, -0.25) is 4.79 Å². The number of carbonyl (C=O) groups excluding carboxylic acids is 1. The summed E-state index contributed by atoms with van der Waals surface area (Å²) in [6, 6.07) is 7.23. The van der Waals surface area contributed by atoms with E-state index in [0.29, 0.717) is 6.54 Å². The maximum absolute atomic E-state index is 11.7. The molecular formula is C14H22N2O2. The first-order valence-electron chi connectivity index (χ1n) is 6.35. The molecule has 0 aliphatic carbocycles. The average molecular weight is 250 g/mol. The molecule has 2 N–H and O–H groups in total. The smallest absolute Gasteiger partial charge is 0.236 e. The van der Waals surface area contributed by atoms with E-state index in [-0.39, 0.29) is 24.2 Å². The number of nitrogens with one attached hydrogen (secondary N) is 1. The molecule has 0 saturated carbocycles. The van der Waals surface area contributed by atoms with E-state index in [9.17, 15) is 9.90 Å². The van der Waals surface area contributed by atoms with Gasteiger partial charge in [-0.05, 0) is 19.4 Å². The zero-order chi connectivity index (χ0) is 13.5. The number of amides is 1. The van der Waals surface area contributed by atoms with Crippen molar-refractivity contribution in [2.75, 3.05) is 20.1 Å². The van der Waals surface area contributed by atoms with Gasteiger partial charge in [-0.25, -0.2) is 0 Å². The SMILES string of the molecule is CCC(NCC(=O)N(C)CC)c1ccccc1O. The van der Waals surface area contributed by atoms with Crippen LogP contribution in [0.4, 0.5) is 0 Å². The monoisotopic (exact) mass is 250 g/mol. The molecule has 4 heteroatoms. The largest absolute Gasteiger partial charge is 0.508 e. The van der Waals surface area contributed by atoms with E-state index in [2.05, 4.69) is 5.32 Å². The normalized spacial score (nSPS) is 12.2. The third-order valence-corrected chi connectivity index (χ3v) is 3.12. The van der Waals surface area contributed by atoms with Gasteiger partial charge in [0.2, 0.25) is 5.91 Å². The number of aromatic hydroxyl groups is 1. The van der Waals surface area contributed by atoms with E-state index >= 15 is 0 Å². The van der Waals surface area contributed by atoms with Crippen molar-refractivity contribution in [3.05, 3.63) is 29.8 Å². The van der Waals surface area contributed by atoms with Crippen LogP contribution in [0.5, 0.6) is 5.75 Å². The summed E-state index contributed by atoms with van der Waals surface area (Å²) in [6.45, 7) is 4.96. The third kappa shape index (κ3) is 3.74. The second-order valence-electron chi connectivity index (χ2n) is 4.31. The zero-order valence-corrected chi connectivity index (χ0v) is 11.3. The first-order valence-corrected chi connectivity index (χ1v) is 6.35. The minimum Gasteiger partial charge on any atom is -0.508 e. The van der Waals surface area contributed by atoms with Crippen molar-refractivity contribution in [2.24, 2.45) is 0 Å².